The van der Waals surface area contributed by atoms with E-state index in [1.807, 2.05) is 18.2 Å². The van der Waals surface area contributed by atoms with E-state index in [0.29, 0.717) is 12.1 Å². The van der Waals surface area contributed by atoms with Crippen LogP contribution < -0.4 is 5.32 Å². The lowest BCUT2D eigenvalue weighted by Gasteiger charge is -2.18. The number of benzene rings is 1. The number of esters is 1. The van der Waals surface area contributed by atoms with Crippen molar-refractivity contribution in [1.82, 2.24) is 5.32 Å². The lowest BCUT2D eigenvalue weighted by Crippen LogP contribution is -2.37. The van der Waals surface area contributed by atoms with Gasteiger partial charge < -0.3 is 10.1 Å². The third-order valence-corrected chi connectivity index (χ3v) is 4.38. The molecule has 4 nitrogen and oxygen atoms in total. The standard InChI is InChI=1S/C18H21NO3S/c1-3-14(15-7-5-4-6-8-15)11-19-17(20)13(2)22-18(21)16-9-10-23-12-16/h4-10,12-14H,3,11H2,1-2H3,(H,19,20)/t13-,14-/m1/s1. The van der Waals surface area contributed by atoms with Gasteiger partial charge in [-0.15, -0.1) is 0 Å². The van der Waals surface area contributed by atoms with Crippen LogP contribution in [-0.2, 0) is 9.53 Å². The van der Waals surface area contributed by atoms with Gasteiger partial charge in [0.2, 0.25) is 0 Å². The number of thiophene rings is 1. The summed E-state index contributed by atoms with van der Waals surface area (Å²) in [6, 6.07) is 11.7. The molecule has 0 aliphatic heterocycles. The Labute approximate surface area is 140 Å². The SMILES string of the molecule is CC[C@H](CNC(=O)[C@@H](C)OC(=O)c1ccsc1)c1ccccc1. The van der Waals surface area contributed by atoms with Crippen LogP contribution in [0.15, 0.2) is 47.2 Å². The molecule has 0 bridgehead atoms. The minimum absolute atomic E-state index is 0.250. The van der Waals surface area contributed by atoms with E-state index in [1.165, 1.54) is 16.9 Å². The van der Waals surface area contributed by atoms with Crippen LogP contribution in [-0.4, -0.2) is 24.5 Å². The van der Waals surface area contributed by atoms with E-state index in [2.05, 4.69) is 24.4 Å². The van der Waals surface area contributed by atoms with Gasteiger partial charge in [0.05, 0.1) is 5.56 Å². The number of hydrogen-bond donors (Lipinski definition) is 1. The summed E-state index contributed by atoms with van der Waals surface area (Å²) in [5.74, 6) is -0.494. The monoisotopic (exact) mass is 331 g/mol. The van der Waals surface area contributed by atoms with Gasteiger partial charge in [-0.3, -0.25) is 4.79 Å². The van der Waals surface area contributed by atoms with Gasteiger partial charge >= 0.3 is 5.97 Å². The lowest BCUT2D eigenvalue weighted by atomic mass is 9.96. The molecule has 0 spiro atoms. The fraction of sp³-hybridized carbons (Fsp3) is 0.333. The highest BCUT2D eigenvalue weighted by atomic mass is 32.1. The molecule has 23 heavy (non-hydrogen) atoms. The van der Waals surface area contributed by atoms with Crippen molar-refractivity contribution in [2.45, 2.75) is 32.3 Å². The van der Waals surface area contributed by atoms with Crippen LogP contribution in [0.1, 0.15) is 42.1 Å². The molecule has 1 aromatic carbocycles. The summed E-state index contributed by atoms with van der Waals surface area (Å²) < 4.78 is 5.18. The number of amides is 1. The van der Waals surface area contributed by atoms with Crippen LogP contribution in [0.2, 0.25) is 0 Å². The first kappa shape index (κ1) is 17.2. The van der Waals surface area contributed by atoms with Crippen molar-refractivity contribution in [1.29, 1.82) is 0 Å². The number of nitrogens with one attached hydrogen (secondary N) is 1. The van der Waals surface area contributed by atoms with Crippen molar-refractivity contribution in [2.24, 2.45) is 0 Å². The highest BCUT2D eigenvalue weighted by molar-refractivity contribution is 7.08. The average Bonchev–Trinajstić information content (AvgIpc) is 3.10. The Bertz CT molecular complexity index is 625. The Morgan fingerprint density at radius 2 is 1.96 bits per heavy atom. The van der Waals surface area contributed by atoms with Crippen molar-refractivity contribution >= 4 is 23.2 Å². The topological polar surface area (TPSA) is 55.4 Å². The second kappa shape index (κ2) is 8.48. The van der Waals surface area contributed by atoms with Crippen molar-refractivity contribution in [3.63, 3.8) is 0 Å². The van der Waals surface area contributed by atoms with Crippen LogP contribution in [0, 0.1) is 0 Å². The molecule has 0 aliphatic rings. The van der Waals surface area contributed by atoms with E-state index in [1.54, 1.807) is 23.8 Å². The predicted molar refractivity (Wildman–Crippen MR) is 91.7 cm³/mol. The highest BCUT2D eigenvalue weighted by Crippen LogP contribution is 2.18. The van der Waals surface area contributed by atoms with Crippen LogP contribution >= 0.6 is 11.3 Å². The fourth-order valence-electron chi connectivity index (χ4n) is 2.25. The zero-order chi connectivity index (χ0) is 16.7. The van der Waals surface area contributed by atoms with Crippen molar-refractivity contribution in [3.05, 3.63) is 58.3 Å². The molecule has 0 fully saturated rings. The molecule has 0 radical (unpaired) electrons. The molecule has 1 amide bonds. The average molecular weight is 331 g/mol. The van der Waals surface area contributed by atoms with Gasteiger partial charge in [0.1, 0.15) is 0 Å². The van der Waals surface area contributed by atoms with Gasteiger partial charge in [0.15, 0.2) is 6.10 Å². The predicted octanol–water partition coefficient (Wildman–Crippen LogP) is 3.60. The maximum atomic E-state index is 12.1. The van der Waals surface area contributed by atoms with Gasteiger partial charge in [0.25, 0.3) is 5.91 Å². The second-order valence-corrected chi connectivity index (χ2v) is 6.10. The molecule has 1 N–H and O–H groups in total. The Hall–Kier alpha value is -2.14. The van der Waals surface area contributed by atoms with Crippen LogP contribution in [0.5, 0.6) is 0 Å². The van der Waals surface area contributed by atoms with Crippen molar-refractivity contribution in [2.75, 3.05) is 6.54 Å². The molecule has 0 saturated carbocycles. The largest absolute Gasteiger partial charge is 0.449 e. The van der Waals surface area contributed by atoms with Crippen LogP contribution in [0.25, 0.3) is 0 Å². The summed E-state index contributed by atoms with van der Waals surface area (Å²) in [5, 5.41) is 6.37. The summed E-state index contributed by atoms with van der Waals surface area (Å²) in [4.78, 5) is 24.0. The van der Waals surface area contributed by atoms with Gasteiger partial charge in [-0.25, -0.2) is 4.79 Å². The van der Waals surface area contributed by atoms with Crippen LogP contribution in [0.3, 0.4) is 0 Å². The van der Waals surface area contributed by atoms with E-state index >= 15 is 0 Å². The number of ether oxygens (including phenoxy) is 1. The second-order valence-electron chi connectivity index (χ2n) is 5.32. The molecule has 2 aromatic rings. The maximum Gasteiger partial charge on any atom is 0.339 e. The summed E-state index contributed by atoms with van der Waals surface area (Å²) >= 11 is 1.42. The summed E-state index contributed by atoms with van der Waals surface area (Å²) in [5.41, 5.74) is 1.67. The van der Waals surface area contributed by atoms with Gasteiger partial charge in [-0.1, -0.05) is 37.3 Å². The summed E-state index contributed by atoms with van der Waals surface area (Å²) in [6.45, 7) is 4.20. The van der Waals surface area contributed by atoms with E-state index in [0.717, 1.165) is 6.42 Å². The number of hydrogen-bond acceptors (Lipinski definition) is 4. The van der Waals surface area contributed by atoms with E-state index in [9.17, 15) is 9.59 Å². The minimum atomic E-state index is -0.810. The molecule has 0 aliphatic carbocycles. The number of carbonyl (C=O) groups is 2. The van der Waals surface area contributed by atoms with Gasteiger partial charge in [0, 0.05) is 17.8 Å². The van der Waals surface area contributed by atoms with E-state index in [4.69, 9.17) is 4.74 Å². The Morgan fingerprint density at radius 1 is 1.22 bits per heavy atom. The Balaban J connectivity index is 1.84. The quantitative estimate of drug-likeness (QED) is 0.789. The third-order valence-electron chi connectivity index (χ3n) is 3.70. The van der Waals surface area contributed by atoms with Crippen molar-refractivity contribution in [3.8, 4) is 0 Å². The van der Waals surface area contributed by atoms with Crippen molar-refractivity contribution < 1.29 is 14.3 Å². The molecule has 1 heterocycles. The highest BCUT2D eigenvalue weighted by Gasteiger charge is 2.20. The van der Waals surface area contributed by atoms with Gasteiger partial charge in [-0.2, -0.15) is 11.3 Å². The van der Waals surface area contributed by atoms with E-state index < -0.39 is 12.1 Å². The number of carbonyl (C=O) groups excluding carboxylic acids is 2. The Morgan fingerprint density at radius 3 is 2.57 bits per heavy atom. The molecule has 0 saturated heterocycles. The zero-order valence-corrected chi connectivity index (χ0v) is 14.1. The van der Waals surface area contributed by atoms with E-state index in [-0.39, 0.29) is 11.8 Å². The molecule has 2 rings (SSSR count). The number of rotatable bonds is 7. The molecular formula is C18H21NO3S. The maximum absolute atomic E-state index is 12.1. The minimum Gasteiger partial charge on any atom is -0.449 e. The van der Waals surface area contributed by atoms with Gasteiger partial charge in [-0.05, 0) is 30.4 Å². The molecule has 0 unspecified atom stereocenters. The molecule has 122 valence electrons. The molecular weight excluding hydrogens is 310 g/mol. The lowest BCUT2D eigenvalue weighted by molar-refractivity contribution is -0.129. The molecule has 1 aromatic heterocycles. The van der Waals surface area contributed by atoms with Crippen LogP contribution in [0.4, 0.5) is 0 Å². The zero-order valence-electron chi connectivity index (χ0n) is 13.3. The summed E-state index contributed by atoms with van der Waals surface area (Å²) in [6.07, 6.45) is 0.114. The first-order valence-electron chi connectivity index (χ1n) is 7.67. The third kappa shape index (κ3) is 4.93. The fourth-order valence-corrected chi connectivity index (χ4v) is 2.88. The smallest absolute Gasteiger partial charge is 0.339 e. The normalized spacial score (nSPS) is 13.1. The first-order chi connectivity index (χ1) is 11.1. The summed E-state index contributed by atoms with van der Waals surface area (Å²) in [7, 11) is 0. The molecule has 2 atom stereocenters. The Kier molecular flexibility index (Phi) is 6.35. The molecule has 5 heteroatoms. The first-order valence-corrected chi connectivity index (χ1v) is 8.62.